The molecule has 3 aliphatic heterocycles. The molecular formula is C38H44O8. The summed E-state index contributed by atoms with van der Waals surface area (Å²) < 4.78 is 20.6. The van der Waals surface area contributed by atoms with Crippen LogP contribution in [0.3, 0.4) is 0 Å². The Balaban J connectivity index is 1.59. The zero-order valence-electron chi connectivity index (χ0n) is 28.0. The molecule has 2 N–H and O–H groups in total. The summed E-state index contributed by atoms with van der Waals surface area (Å²) in [5.41, 5.74) is -0.952. The topological polar surface area (TPSA) is 119 Å². The van der Waals surface area contributed by atoms with Crippen molar-refractivity contribution in [2.24, 2.45) is 11.8 Å². The number of carbonyl (C=O) groups excluding carboxylic acids is 2. The van der Waals surface area contributed by atoms with Gasteiger partial charge in [0.2, 0.25) is 0 Å². The molecular weight excluding hydrogens is 584 g/mol. The number of rotatable bonds is 8. The minimum Gasteiger partial charge on any atom is -0.506 e. The van der Waals surface area contributed by atoms with Gasteiger partial charge in [-0.3, -0.25) is 9.59 Å². The van der Waals surface area contributed by atoms with Crippen LogP contribution in [0.15, 0.2) is 52.7 Å². The lowest BCUT2D eigenvalue weighted by Crippen LogP contribution is -2.72. The van der Waals surface area contributed by atoms with Crippen molar-refractivity contribution >= 4 is 23.6 Å². The van der Waals surface area contributed by atoms with Crippen molar-refractivity contribution in [2.45, 2.75) is 110 Å². The van der Waals surface area contributed by atoms with E-state index in [4.69, 9.17) is 14.2 Å². The summed E-state index contributed by atoms with van der Waals surface area (Å²) in [5, 5.41) is 21.4. The average molecular weight is 629 g/mol. The summed E-state index contributed by atoms with van der Waals surface area (Å²) in [4.78, 5) is 40.8. The number of aliphatic carboxylic acids is 1. The number of benzene rings is 1. The number of hydrogen-bond acceptors (Lipinski definition) is 7. The van der Waals surface area contributed by atoms with E-state index in [2.05, 4.69) is 19.9 Å². The first kappa shape index (κ1) is 32.0. The first-order chi connectivity index (χ1) is 21.5. The second kappa shape index (κ2) is 10.6. The fraction of sp³-hybridized carbons (Fsp3) is 0.500. The quantitative estimate of drug-likeness (QED) is 0.228. The molecule has 1 aromatic rings. The molecule has 1 spiro atoms. The molecule has 6 aliphatic rings. The van der Waals surface area contributed by atoms with Gasteiger partial charge in [-0.2, -0.15) is 0 Å². The molecule has 46 heavy (non-hydrogen) atoms. The molecule has 0 aromatic heterocycles. The summed E-state index contributed by atoms with van der Waals surface area (Å²) in [7, 11) is 0. The Kier molecular flexibility index (Phi) is 7.36. The standard InChI is InChI=1S/C38H44O8/c1-20(2)10-9-15-36(8)16-14-24-29(39)28-30(40)26-18-23-19-27-35(6,7)46-37(33(23)41,17-13-22(5)34(42)43)38(26,27)45-32(28)25(31(24)44-36)12-11-21(3)4/h10-11,13-14,16,18,23,27,39H,9,12,15,17,19H2,1-8H3,(H,42,43)/b22-13+/t23-,27?,36-,37+,38+/m0/s1. The number of carboxylic acids is 1. The van der Waals surface area contributed by atoms with E-state index in [0.29, 0.717) is 41.7 Å². The first-order valence-electron chi connectivity index (χ1n) is 16.2. The highest BCUT2D eigenvalue weighted by molar-refractivity contribution is 6.19. The summed E-state index contributed by atoms with van der Waals surface area (Å²) in [6.45, 7) is 15.4. The second-order valence-corrected chi connectivity index (χ2v) is 14.8. The number of fused-ring (bicyclic) bond motifs is 2. The van der Waals surface area contributed by atoms with Crippen molar-refractivity contribution in [1.29, 1.82) is 0 Å². The SMILES string of the molecule is CC(C)=CCC[C@@]1(C)C=Cc2c(O)c3c(c(CC=C(C)C)c2O1)O[C@]12C(=C[C@H]4CC1C(C)(C)O[C@]2(C/C=C(\C)C(=O)O)C4=O)C3=O. The van der Waals surface area contributed by atoms with Gasteiger partial charge in [-0.25, -0.2) is 4.79 Å². The van der Waals surface area contributed by atoms with Gasteiger partial charge < -0.3 is 24.4 Å². The maximum absolute atomic E-state index is 14.7. The Labute approximate surface area is 270 Å². The monoisotopic (exact) mass is 628 g/mol. The molecule has 8 nitrogen and oxygen atoms in total. The largest absolute Gasteiger partial charge is 0.506 e. The highest BCUT2D eigenvalue weighted by Crippen LogP contribution is 2.68. The normalized spacial score (nSPS) is 31.2. The Bertz CT molecular complexity index is 1730. The van der Waals surface area contributed by atoms with Crippen molar-refractivity contribution in [2.75, 3.05) is 0 Å². The molecule has 1 saturated heterocycles. The van der Waals surface area contributed by atoms with Crippen molar-refractivity contribution in [1.82, 2.24) is 0 Å². The molecule has 7 rings (SSSR count). The highest BCUT2D eigenvalue weighted by atomic mass is 16.6. The highest BCUT2D eigenvalue weighted by Gasteiger charge is 2.81. The molecule has 5 atom stereocenters. The van der Waals surface area contributed by atoms with Crippen LogP contribution >= 0.6 is 0 Å². The van der Waals surface area contributed by atoms with E-state index in [1.54, 1.807) is 6.08 Å². The Hall–Kier alpha value is -3.91. The Morgan fingerprint density at radius 1 is 1.00 bits per heavy atom. The fourth-order valence-electron chi connectivity index (χ4n) is 8.17. The van der Waals surface area contributed by atoms with E-state index in [-0.39, 0.29) is 40.8 Å². The third-order valence-corrected chi connectivity index (χ3v) is 10.5. The predicted octanol–water partition coefficient (Wildman–Crippen LogP) is 7.24. The van der Waals surface area contributed by atoms with Gasteiger partial charge in [-0.15, -0.1) is 0 Å². The van der Waals surface area contributed by atoms with Crippen molar-refractivity contribution in [3.63, 3.8) is 0 Å². The van der Waals surface area contributed by atoms with Crippen LogP contribution in [0.5, 0.6) is 17.2 Å². The van der Waals surface area contributed by atoms with Gasteiger partial charge in [0.15, 0.2) is 22.8 Å². The number of aromatic hydroxyl groups is 1. The molecule has 1 saturated carbocycles. The van der Waals surface area contributed by atoms with E-state index < -0.39 is 40.1 Å². The van der Waals surface area contributed by atoms with Gasteiger partial charge in [0.05, 0.1) is 11.2 Å². The van der Waals surface area contributed by atoms with Gasteiger partial charge in [-0.05, 0) is 93.2 Å². The molecule has 8 heteroatoms. The van der Waals surface area contributed by atoms with E-state index in [0.717, 1.165) is 12.0 Å². The number of carboxylic acid groups (broad SMARTS) is 1. The van der Waals surface area contributed by atoms with Crippen LogP contribution in [0.4, 0.5) is 0 Å². The molecule has 1 aromatic carbocycles. The summed E-state index contributed by atoms with van der Waals surface area (Å²) in [6.07, 6.45) is 13.4. The lowest BCUT2D eigenvalue weighted by Gasteiger charge is -2.56. The molecule has 1 unspecified atom stereocenters. The van der Waals surface area contributed by atoms with E-state index in [9.17, 15) is 24.6 Å². The number of ketones is 2. The molecule has 3 heterocycles. The van der Waals surface area contributed by atoms with Crippen LogP contribution in [0.1, 0.15) is 103 Å². The summed E-state index contributed by atoms with van der Waals surface area (Å²) in [6, 6.07) is 0. The van der Waals surface area contributed by atoms with Gasteiger partial charge in [0, 0.05) is 35.0 Å². The van der Waals surface area contributed by atoms with Gasteiger partial charge in [-0.1, -0.05) is 35.5 Å². The lowest BCUT2D eigenvalue weighted by molar-refractivity contribution is -0.171. The lowest BCUT2D eigenvalue weighted by atomic mass is 9.51. The van der Waals surface area contributed by atoms with Gasteiger partial charge in [0.1, 0.15) is 28.4 Å². The number of ether oxygens (including phenoxy) is 3. The van der Waals surface area contributed by atoms with Crippen LogP contribution in [-0.4, -0.2) is 50.2 Å². The Morgan fingerprint density at radius 3 is 2.35 bits per heavy atom. The smallest absolute Gasteiger partial charge is 0.330 e. The molecule has 4 bridgehead atoms. The van der Waals surface area contributed by atoms with Crippen molar-refractivity contribution < 1.29 is 38.8 Å². The van der Waals surface area contributed by atoms with Crippen LogP contribution in [0.2, 0.25) is 0 Å². The minimum atomic E-state index is -1.63. The maximum Gasteiger partial charge on any atom is 0.330 e. The summed E-state index contributed by atoms with van der Waals surface area (Å²) in [5.74, 6) is -2.28. The van der Waals surface area contributed by atoms with Crippen molar-refractivity contribution in [3.05, 3.63) is 69.4 Å². The van der Waals surface area contributed by atoms with Crippen molar-refractivity contribution in [3.8, 4) is 17.2 Å². The number of allylic oxidation sites excluding steroid dienone is 5. The molecule has 0 amide bonds. The Morgan fingerprint density at radius 2 is 1.70 bits per heavy atom. The van der Waals surface area contributed by atoms with E-state index in [1.807, 2.05) is 52.8 Å². The summed E-state index contributed by atoms with van der Waals surface area (Å²) >= 11 is 0. The van der Waals surface area contributed by atoms with Crippen LogP contribution < -0.4 is 9.47 Å². The third-order valence-electron chi connectivity index (χ3n) is 10.5. The van der Waals surface area contributed by atoms with E-state index >= 15 is 0 Å². The number of phenolic OH excluding ortho intramolecular Hbond substituents is 1. The average Bonchev–Trinajstić information content (AvgIpc) is 3.12. The second-order valence-electron chi connectivity index (χ2n) is 14.8. The molecule has 2 fully saturated rings. The van der Waals surface area contributed by atoms with Crippen LogP contribution in [-0.2, 0) is 20.7 Å². The molecule has 244 valence electrons. The fourth-order valence-corrected chi connectivity index (χ4v) is 8.17. The molecule has 3 aliphatic carbocycles. The van der Waals surface area contributed by atoms with Crippen LogP contribution in [0.25, 0.3) is 6.08 Å². The number of Topliss-reactive ketones (excluding diaryl/α,β-unsaturated/α-hetero) is 2. The number of phenols is 1. The van der Waals surface area contributed by atoms with Gasteiger partial charge in [0.25, 0.3) is 0 Å². The first-order valence-corrected chi connectivity index (χ1v) is 16.2. The van der Waals surface area contributed by atoms with Crippen LogP contribution in [0, 0.1) is 11.8 Å². The number of hydrogen-bond donors (Lipinski definition) is 2. The minimum absolute atomic E-state index is 0.0544. The predicted molar refractivity (Wildman–Crippen MR) is 174 cm³/mol. The van der Waals surface area contributed by atoms with E-state index in [1.165, 1.54) is 18.6 Å². The van der Waals surface area contributed by atoms with Gasteiger partial charge >= 0.3 is 5.97 Å². The third kappa shape index (κ3) is 4.47. The maximum atomic E-state index is 14.7. The zero-order valence-corrected chi connectivity index (χ0v) is 28.0. The number of carbonyl (C=O) groups is 3. The molecule has 0 radical (unpaired) electrons. The zero-order chi connectivity index (χ0) is 33.6.